The Labute approximate surface area is 160 Å². The first-order valence-corrected chi connectivity index (χ1v) is 7.89. The van der Waals surface area contributed by atoms with Crippen LogP contribution in [-0.4, -0.2) is 33.7 Å². The molecule has 0 saturated carbocycles. The number of fused-ring (bicyclic) bond motifs is 1. The van der Waals surface area contributed by atoms with Gasteiger partial charge in [0.05, 0.1) is 20.2 Å². The normalized spacial score (nSPS) is 29.6. The molecule has 6 nitrogen and oxygen atoms in total. The molecule has 0 radical (unpaired) electrons. The number of aromatic nitrogens is 3. The molecule has 1 fully saturated rings. The lowest BCUT2D eigenvalue weighted by atomic mass is 10.0. The van der Waals surface area contributed by atoms with Gasteiger partial charge in [0.2, 0.25) is 0 Å². The van der Waals surface area contributed by atoms with Crippen LogP contribution in [-0.2, 0) is 4.74 Å². The van der Waals surface area contributed by atoms with E-state index in [9.17, 15) is 9.18 Å². The number of imidazole rings is 1. The van der Waals surface area contributed by atoms with Crippen LogP contribution < -0.4 is 4.90 Å². The van der Waals surface area contributed by atoms with E-state index in [-0.39, 0.29) is 29.3 Å². The Kier molecular flexibility index (Phi) is 2.66. The first-order chi connectivity index (χ1) is 15.3. The Morgan fingerprint density at radius 2 is 2.35 bits per heavy atom. The molecule has 1 aliphatic rings. The lowest BCUT2D eigenvalue weighted by Crippen LogP contribution is -2.24. The molecule has 7 heteroatoms. The average Bonchev–Trinajstić information content (AvgIpc) is 3.19. The van der Waals surface area contributed by atoms with Gasteiger partial charge in [-0.2, -0.15) is 0 Å². The van der Waals surface area contributed by atoms with Gasteiger partial charge in [0.15, 0.2) is 11.3 Å². The van der Waals surface area contributed by atoms with Crippen LogP contribution in [0.25, 0.3) is 5.65 Å². The second-order valence-electron chi connectivity index (χ2n) is 5.38. The molecule has 0 amide bonds. The van der Waals surface area contributed by atoms with Crippen molar-refractivity contribution in [2.75, 3.05) is 18.0 Å². The van der Waals surface area contributed by atoms with Crippen LogP contribution in [0.3, 0.4) is 0 Å². The number of nitrogens with zero attached hydrogens (tertiary/aromatic N) is 4. The minimum absolute atomic E-state index is 0.0796. The Hall–Kier alpha value is -2.96. The van der Waals surface area contributed by atoms with E-state index in [1.54, 1.807) is 6.92 Å². The molecule has 4 rings (SSSR count). The van der Waals surface area contributed by atoms with Gasteiger partial charge in [-0.05, 0) is 49.5 Å². The Morgan fingerprint density at radius 1 is 1.46 bits per heavy atom. The molecular formula is C19H19FN4O2. The van der Waals surface area contributed by atoms with Crippen molar-refractivity contribution >= 4 is 17.4 Å². The molecule has 1 aromatic carbocycles. The van der Waals surface area contributed by atoms with Crippen molar-refractivity contribution in [2.45, 2.75) is 25.7 Å². The summed E-state index contributed by atoms with van der Waals surface area (Å²) in [6.07, 6.45) is -5.18. The summed E-state index contributed by atoms with van der Waals surface area (Å²) in [5, 5.41) is 4.18. The topological polar surface area (TPSA) is 59.7 Å². The molecule has 1 saturated heterocycles. The average molecular weight is 361 g/mol. The summed E-state index contributed by atoms with van der Waals surface area (Å²) in [7, 11) is 0. The molecule has 2 aromatic heterocycles. The zero-order valence-corrected chi connectivity index (χ0v) is 13.7. The van der Waals surface area contributed by atoms with E-state index in [2.05, 4.69) is 10.1 Å². The summed E-state index contributed by atoms with van der Waals surface area (Å²) in [6.45, 7) is -1.41. The minimum Gasteiger partial charge on any atom is -0.461 e. The number of rotatable bonds is 4. The monoisotopic (exact) mass is 361 g/mol. The van der Waals surface area contributed by atoms with Crippen LogP contribution in [0.15, 0.2) is 42.6 Å². The summed E-state index contributed by atoms with van der Waals surface area (Å²) < 4.78 is 79.5. The van der Waals surface area contributed by atoms with Crippen molar-refractivity contribution in [3.05, 3.63) is 59.7 Å². The molecule has 1 atom stereocenters. The molecule has 0 aliphatic carbocycles. The third-order valence-corrected chi connectivity index (χ3v) is 3.73. The summed E-state index contributed by atoms with van der Waals surface area (Å²) in [4.78, 5) is 16.8. The Balaban J connectivity index is 2.00. The fourth-order valence-corrected chi connectivity index (χ4v) is 2.59. The molecule has 0 spiro atoms. The molecule has 134 valence electrons. The van der Waals surface area contributed by atoms with Gasteiger partial charge < -0.3 is 9.64 Å². The van der Waals surface area contributed by atoms with Gasteiger partial charge in [-0.3, -0.25) is 0 Å². The molecule has 0 bridgehead atoms. The van der Waals surface area contributed by atoms with Crippen LogP contribution in [0, 0.1) is 5.82 Å². The molecule has 1 aliphatic heterocycles. The molecule has 1 unspecified atom stereocenters. The maximum Gasteiger partial charge on any atom is 0.358 e. The highest BCUT2D eigenvalue weighted by molar-refractivity contribution is 5.88. The van der Waals surface area contributed by atoms with Gasteiger partial charge in [0, 0.05) is 14.7 Å². The van der Waals surface area contributed by atoms with Gasteiger partial charge in [-0.25, -0.2) is 18.7 Å². The number of benzene rings is 1. The van der Waals surface area contributed by atoms with E-state index < -0.39 is 37.0 Å². The Morgan fingerprint density at radius 3 is 3.15 bits per heavy atom. The lowest BCUT2D eigenvalue weighted by Gasteiger charge is -2.26. The van der Waals surface area contributed by atoms with Crippen LogP contribution in [0.5, 0.6) is 0 Å². The van der Waals surface area contributed by atoms with Gasteiger partial charge >= 0.3 is 5.97 Å². The number of ether oxygens (including phenoxy) is 1. The Bertz CT molecular complexity index is 1250. The van der Waals surface area contributed by atoms with Crippen LogP contribution in [0.4, 0.5) is 10.2 Å². The van der Waals surface area contributed by atoms with Crippen molar-refractivity contribution in [1.29, 1.82) is 0 Å². The first kappa shape index (κ1) is 10.3. The number of halogens is 1. The van der Waals surface area contributed by atoms with Gasteiger partial charge in [-0.1, -0.05) is 12.1 Å². The van der Waals surface area contributed by atoms with Crippen molar-refractivity contribution < 1.29 is 23.5 Å². The van der Waals surface area contributed by atoms with E-state index in [1.807, 2.05) is 0 Å². The SMILES string of the molecule is [2H]C1([2H])N(c2ccc3ncc(C(=O)OCC)n3n2)C([2H])(c2cccc(F)c2)C([2H])([2H])C1([2H])[2H]. The van der Waals surface area contributed by atoms with Crippen LogP contribution in [0.2, 0.25) is 0 Å². The maximum atomic E-state index is 14.0. The predicted octanol–water partition coefficient (Wildman–Crippen LogP) is 3.39. The summed E-state index contributed by atoms with van der Waals surface area (Å²) >= 11 is 0. The zero-order chi connectivity index (χ0) is 24.4. The highest BCUT2D eigenvalue weighted by Crippen LogP contribution is 2.35. The number of hydrogen-bond acceptors (Lipinski definition) is 5. The van der Waals surface area contributed by atoms with E-state index in [0.717, 1.165) is 16.6 Å². The second-order valence-corrected chi connectivity index (χ2v) is 5.38. The van der Waals surface area contributed by atoms with Crippen LogP contribution >= 0.6 is 0 Å². The number of carbonyl (C=O) groups is 1. The fraction of sp³-hybridized carbons (Fsp3) is 0.316. The molecule has 0 N–H and O–H groups in total. The van der Waals surface area contributed by atoms with Gasteiger partial charge in [-0.15, -0.1) is 5.10 Å². The van der Waals surface area contributed by atoms with E-state index in [4.69, 9.17) is 14.3 Å². The molecule has 3 heterocycles. The molecule has 3 aromatic rings. The van der Waals surface area contributed by atoms with E-state index in [0.29, 0.717) is 4.90 Å². The number of carbonyl (C=O) groups excluding carboxylic acids is 1. The zero-order valence-electron chi connectivity index (χ0n) is 20.7. The minimum atomic E-state index is -3.22. The fourth-order valence-electron chi connectivity index (χ4n) is 2.59. The number of esters is 1. The largest absolute Gasteiger partial charge is 0.461 e. The number of hydrogen-bond donors (Lipinski definition) is 0. The quantitative estimate of drug-likeness (QED) is 0.667. The highest BCUT2D eigenvalue weighted by Gasteiger charge is 2.28. The predicted molar refractivity (Wildman–Crippen MR) is 94.7 cm³/mol. The van der Waals surface area contributed by atoms with E-state index in [1.165, 1.54) is 30.5 Å². The van der Waals surface area contributed by atoms with Crippen molar-refractivity contribution in [2.24, 2.45) is 0 Å². The summed E-state index contributed by atoms with van der Waals surface area (Å²) in [6, 6.07) is 4.20. The second kappa shape index (κ2) is 6.74. The van der Waals surface area contributed by atoms with Gasteiger partial charge in [0.1, 0.15) is 11.6 Å². The molecular weight excluding hydrogens is 335 g/mol. The smallest absolute Gasteiger partial charge is 0.358 e. The standard InChI is InChI=1S/C19H19FN4O2/c1-2-26-19(25)16-12-21-17-8-9-18(22-24(16)17)23-10-4-7-15(23)13-5-3-6-14(20)11-13/h3,5-6,8-9,11-12,15H,2,4,7,10H2,1H3/i4D2,7D2,10D2,15D. The number of anilines is 1. The maximum absolute atomic E-state index is 14.0. The van der Waals surface area contributed by atoms with Crippen molar-refractivity contribution in [1.82, 2.24) is 14.6 Å². The summed E-state index contributed by atoms with van der Waals surface area (Å²) in [5.74, 6) is -1.92. The first-order valence-electron chi connectivity index (χ1n) is 11.4. The van der Waals surface area contributed by atoms with E-state index >= 15 is 0 Å². The lowest BCUT2D eigenvalue weighted by molar-refractivity contribution is 0.0517. The van der Waals surface area contributed by atoms with Crippen molar-refractivity contribution in [3.63, 3.8) is 0 Å². The van der Waals surface area contributed by atoms with Crippen molar-refractivity contribution in [3.8, 4) is 0 Å². The third-order valence-electron chi connectivity index (χ3n) is 3.73. The van der Waals surface area contributed by atoms with Gasteiger partial charge in [0.25, 0.3) is 0 Å². The summed E-state index contributed by atoms with van der Waals surface area (Å²) in [5.41, 5.74) is -0.217. The highest BCUT2D eigenvalue weighted by atomic mass is 19.1. The molecule has 26 heavy (non-hydrogen) atoms. The third kappa shape index (κ3) is 2.89. The van der Waals surface area contributed by atoms with Crippen LogP contribution in [0.1, 0.15) is 51.3 Å².